The Morgan fingerprint density at radius 1 is 1.12 bits per heavy atom. The van der Waals surface area contributed by atoms with E-state index in [1.807, 2.05) is 13.0 Å². The number of benzene rings is 2. The van der Waals surface area contributed by atoms with Crippen molar-refractivity contribution in [2.75, 3.05) is 36.1 Å². The van der Waals surface area contributed by atoms with Crippen LogP contribution in [0, 0.1) is 12.3 Å². The Balaban J connectivity index is 1.64. The third kappa shape index (κ3) is 4.82. The molecule has 1 spiro atoms. The highest BCUT2D eigenvalue weighted by Crippen LogP contribution is 2.54. The molecule has 2 aliphatic rings. The van der Waals surface area contributed by atoms with Crippen LogP contribution in [0.2, 0.25) is 0 Å². The van der Waals surface area contributed by atoms with Crippen molar-refractivity contribution in [3.8, 4) is 0 Å². The number of thioether (sulfide) groups is 1. The fourth-order valence-corrected chi connectivity index (χ4v) is 5.96. The highest BCUT2D eigenvalue weighted by Gasteiger charge is 2.44. The molecule has 2 aromatic carbocycles. The van der Waals surface area contributed by atoms with Crippen LogP contribution in [0.4, 0.5) is 11.4 Å². The van der Waals surface area contributed by atoms with Gasteiger partial charge in [-0.2, -0.15) is 0 Å². The van der Waals surface area contributed by atoms with E-state index in [1.165, 1.54) is 49.8 Å². The lowest BCUT2D eigenvalue weighted by Gasteiger charge is -2.35. The van der Waals surface area contributed by atoms with Gasteiger partial charge in [-0.05, 0) is 86.7 Å². The van der Waals surface area contributed by atoms with Crippen LogP contribution in [0.5, 0.6) is 0 Å². The Morgan fingerprint density at radius 3 is 2.47 bits per heavy atom. The second-order valence-corrected chi connectivity index (χ2v) is 11.9. The molecule has 2 N–H and O–H groups in total. The van der Waals surface area contributed by atoms with Gasteiger partial charge in [-0.3, -0.25) is 4.79 Å². The minimum atomic E-state index is -3.58. The number of sulfonamides is 1. The monoisotopic (exact) mass is 473 g/mol. The Labute approximate surface area is 195 Å². The Hall–Kier alpha value is -2.03. The van der Waals surface area contributed by atoms with Gasteiger partial charge in [-0.25, -0.2) is 13.1 Å². The Kier molecular flexibility index (Phi) is 6.56. The third-order valence-corrected chi connectivity index (χ3v) is 9.08. The van der Waals surface area contributed by atoms with E-state index in [9.17, 15) is 13.2 Å². The molecule has 1 aliphatic carbocycles. The minimum absolute atomic E-state index is 0.120. The first-order chi connectivity index (χ1) is 15.3. The summed E-state index contributed by atoms with van der Waals surface area (Å²) in [6, 6.07) is 10.5. The van der Waals surface area contributed by atoms with E-state index in [0.29, 0.717) is 16.7 Å². The third-order valence-electron chi connectivity index (χ3n) is 6.63. The second-order valence-electron chi connectivity index (χ2n) is 8.74. The van der Waals surface area contributed by atoms with Crippen molar-refractivity contribution in [3.05, 3.63) is 47.5 Å². The summed E-state index contributed by atoms with van der Waals surface area (Å²) >= 11 is 1.79. The molecular weight excluding hydrogens is 442 g/mol. The number of nitrogens with one attached hydrogen (secondary N) is 2. The fraction of sp³-hybridized carbons (Fsp3) is 0.458. The number of anilines is 2. The molecule has 0 atom stereocenters. The Morgan fingerprint density at radius 2 is 1.84 bits per heavy atom. The van der Waals surface area contributed by atoms with Gasteiger partial charge >= 0.3 is 0 Å². The van der Waals surface area contributed by atoms with Gasteiger partial charge in [0, 0.05) is 23.7 Å². The molecule has 0 bridgehead atoms. The van der Waals surface area contributed by atoms with Crippen LogP contribution in [-0.4, -0.2) is 40.2 Å². The van der Waals surface area contributed by atoms with Gasteiger partial charge in [-0.1, -0.05) is 13.0 Å². The molecule has 1 amide bonds. The van der Waals surface area contributed by atoms with Gasteiger partial charge < -0.3 is 10.2 Å². The maximum atomic E-state index is 13.4. The molecule has 1 saturated heterocycles. The van der Waals surface area contributed by atoms with Crippen molar-refractivity contribution in [1.29, 1.82) is 0 Å². The van der Waals surface area contributed by atoms with Crippen LogP contribution < -0.4 is 14.9 Å². The van der Waals surface area contributed by atoms with Gasteiger partial charge in [0.25, 0.3) is 5.91 Å². The van der Waals surface area contributed by atoms with Gasteiger partial charge in [0.1, 0.15) is 0 Å². The molecule has 0 aromatic heterocycles. The second kappa shape index (κ2) is 9.08. The zero-order valence-corrected chi connectivity index (χ0v) is 20.5. The number of amides is 1. The van der Waals surface area contributed by atoms with Crippen molar-refractivity contribution in [1.82, 2.24) is 4.72 Å². The summed E-state index contributed by atoms with van der Waals surface area (Å²) in [5.74, 6) is 0.753. The molecule has 0 unspecified atom stereocenters. The number of nitrogens with zero attached hydrogens (tertiary/aromatic N) is 1. The summed E-state index contributed by atoms with van der Waals surface area (Å²) in [6.45, 7) is 6.10. The zero-order valence-electron chi connectivity index (χ0n) is 18.9. The molecule has 8 heteroatoms. The van der Waals surface area contributed by atoms with E-state index in [1.54, 1.807) is 23.9 Å². The van der Waals surface area contributed by atoms with Crippen LogP contribution in [0.25, 0.3) is 0 Å². The lowest BCUT2D eigenvalue weighted by molar-refractivity contribution is 0.102. The van der Waals surface area contributed by atoms with Gasteiger partial charge in [0.05, 0.1) is 16.1 Å². The molecule has 2 fully saturated rings. The predicted molar refractivity (Wildman–Crippen MR) is 131 cm³/mol. The fourth-order valence-electron chi connectivity index (χ4n) is 4.39. The molecule has 1 aliphatic heterocycles. The first kappa shape index (κ1) is 23.1. The zero-order chi connectivity index (χ0) is 22.9. The number of carbonyl (C=O) groups excluding carboxylic acids is 1. The molecule has 6 nitrogen and oxygen atoms in total. The molecule has 1 saturated carbocycles. The molecule has 172 valence electrons. The van der Waals surface area contributed by atoms with E-state index >= 15 is 0 Å². The first-order valence-electron chi connectivity index (χ1n) is 11.1. The number of hydrogen-bond acceptors (Lipinski definition) is 5. The topological polar surface area (TPSA) is 78.5 Å². The lowest BCUT2D eigenvalue weighted by atomic mass is 9.92. The van der Waals surface area contributed by atoms with Crippen LogP contribution in [0.3, 0.4) is 0 Å². The van der Waals surface area contributed by atoms with E-state index in [-0.39, 0.29) is 10.8 Å². The van der Waals surface area contributed by atoms with Crippen LogP contribution in [-0.2, 0) is 10.0 Å². The normalized spacial score (nSPS) is 17.4. The molecule has 1 heterocycles. The number of rotatable bonds is 7. The van der Waals surface area contributed by atoms with Crippen molar-refractivity contribution < 1.29 is 13.2 Å². The molecule has 0 radical (unpaired) electrons. The first-order valence-corrected chi connectivity index (χ1v) is 13.6. The molecular formula is C24H31N3O3S2. The average molecular weight is 474 g/mol. The summed E-state index contributed by atoms with van der Waals surface area (Å²) in [7, 11) is -2.21. The SMILES string of the molecule is CCSc1cc(N2CCC3(CC2)CC3)c(C(=O)Nc2cccc(S(=O)(=O)NC)c2)cc1C. The average Bonchev–Trinajstić information content (AvgIpc) is 3.54. The molecule has 2 aromatic rings. The Bertz CT molecular complexity index is 1120. The number of aryl methyl sites for hydroxylation is 1. The molecule has 4 rings (SSSR count). The summed E-state index contributed by atoms with van der Waals surface area (Å²) in [4.78, 5) is 17.0. The smallest absolute Gasteiger partial charge is 0.257 e. The predicted octanol–water partition coefficient (Wildman–Crippen LogP) is 4.65. The van der Waals surface area contributed by atoms with Crippen LogP contribution >= 0.6 is 11.8 Å². The molecule has 32 heavy (non-hydrogen) atoms. The van der Waals surface area contributed by atoms with Crippen molar-refractivity contribution >= 4 is 39.1 Å². The summed E-state index contributed by atoms with van der Waals surface area (Å²) in [5.41, 5.74) is 3.70. The standard InChI is InChI=1S/C24H31N3O3S2/c1-4-31-22-16-21(27-12-10-24(8-9-24)11-13-27)20(14-17(22)2)23(28)26-18-6-5-7-19(15-18)32(29,30)25-3/h5-7,14-16,25H,4,8-13H2,1-3H3,(H,26,28). The quantitative estimate of drug-likeness (QED) is 0.573. The lowest BCUT2D eigenvalue weighted by Crippen LogP contribution is -2.35. The van der Waals surface area contributed by atoms with Crippen molar-refractivity contribution in [2.24, 2.45) is 5.41 Å². The minimum Gasteiger partial charge on any atom is -0.371 e. The summed E-state index contributed by atoms with van der Waals surface area (Å²) in [6.07, 6.45) is 5.04. The summed E-state index contributed by atoms with van der Waals surface area (Å²) < 4.78 is 26.6. The number of carbonyl (C=O) groups is 1. The highest BCUT2D eigenvalue weighted by molar-refractivity contribution is 7.99. The van der Waals surface area contributed by atoms with Gasteiger partial charge in [0.15, 0.2) is 0 Å². The van der Waals surface area contributed by atoms with E-state index in [0.717, 1.165) is 30.1 Å². The van der Waals surface area contributed by atoms with Gasteiger partial charge in [-0.15, -0.1) is 11.8 Å². The van der Waals surface area contributed by atoms with Crippen molar-refractivity contribution in [3.63, 3.8) is 0 Å². The largest absolute Gasteiger partial charge is 0.371 e. The number of piperidine rings is 1. The maximum absolute atomic E-state index is 13.4. The number of hydrogen-bond donors (Lipinski definition) is 2. The van der Waals surface area contributed by atoms with Gasteiger partial charge in [0.2, 0.25) is 10.0 Å². The summed E-state index contributed by atoms with van der Waals surface area (Å²) in [5, 5.41) is 2.92. The van der Waals surface area contributed by atoms with Crippen LogP contribution in [0.1, 0.15) is 48.5 Å². The van der Waals surface area contributed by atoms with Crippen LogP contribution in [0.15, 0.2) is 46.2 Å². The maximum Gasteiger partial charge on any atom is 0.257 e. The van der Waals surface area contributed by atoms with Crippen molar-refractivity contribution in [2.45, 2.75) is 49.3 Å². The van der Waals surface area contributed by atoms with E-state index in [4.69, 9.17) is 0 Å². The van der Waals surface area contributed by atoms with E-state index < -0.39 is 10.0 Å². The highest BCUT2D eigenvalue weighted by atomic mass is 32.2. The van der Waals surface area contributed by atoms with E-state index in [2.05, 4.69) is 27.9 Å².